The third kappa shape index (κ3) is 4.12. The molecule has 0 saturated heterocycles. The molecule has 2 unspecified atom stereocenters. The molecule has 0 aromatic heterocycles. The van der Waals surface area contributed by atoms with Crippen LogP contribution in [0.1, 0.15) is 39.0 Å². The third-order valence-electron chi connectivity index (χ3n) is 3.77. The first-order chi connectivity index (χ1) is 7.29. The lowest BCUT2D eigenvalue weighted by Crippen LogP contribution is -2.30. The molecule has 0 radical (unpaired) electrons. The van der Waals surface area contributed by atoms with E-state index in [-0.39, 0.29) is 0 Å². The predicted molar refractivity (Wildman–Crippen MR) is 63.0 cm³/mol. The normalized spacial score (nSPS) is 22.6. The molecule has 2 atom stereocenters. The van der Waals surface area contributed by atoms with Gasteiger partial charge in [0.05, 0.1) is 0 Å². The van der Waals surface area contributed by atoms with Crippen molar-refractivity contribution in [1.82, 2.24) is 0 Å². The van der Waals surface area contributed by atoms with Gasteiger partial charge in [0.1, 0.15) is 0 Å². The highest BCUT2D eigenvalue weighted by Crippen LogP contribution is 2.34. The van der Waals surface area contributed by atoms with Gasteiger partial charge in [-0.2, -0.15) is 0 Å². The highest BCUT2D eigenvalue weighted by Gasteiger charge is 2.27. The van der Waals surface area contributed by atoms with Crippen LogP contribution in [0.15, 0.2) is 0 Å². The maximum atomic E-state index is 5.37. The molecule has 2 heteroatoms. The lowest BCUT2D eigenvalue weighted by atomic mass is 9.75. The van der Waals surface area contributed by atoms with Crippen molar-refractivity contribution in [2.24, 2.45) is 17.8 Å². The fourth-order valence-electron chi connectivity index (χ4n) is 2.91. The second-order valence-corrected chi connectivity index (χ2v) is 4.95. The SMILES string of the molecule is COCC(C)C(COC)C1CCCCC1. The smallest absolute Gasteiger partial charge is 0.0496 e. The highest BCUT2D eigenvalue weighted by molar-refractivity contribution is 4.77. The Balaban J connectivity index is 2.46. The van der Waals surface area contributed by atoms with Gasteiger partial charge in [0.2, 0.25) is 0 Å². The molecule has 0 aliphatic heterocycles. The maximum Gasteiger partial charge on any atom is 0.0496 e. The van der Waals surface area contributed by atoms with Crippen LogP contribution in [-0.2, 0) is 9.47 Å². The Labute approximate surface area is 94.3 Å². The Kier molecular flexibility index (Phi) is 6.26. The largest absolute Gasteiger partial charge is 0.384 e. The van der Waals surface area contributed by atoms with Gasteiger partial charge >= 0.3 is 0 Å². The topological polar surface area (TPSA) is 18.5 Å². The van der Waals surface area contributed by atoms with Crippen molar-refractivity contribution in [3.63, 3.8) is 0 Å². The van der Waals surface area contributed by atoms with Crippen LogP contribution < -0.4 is 0 Å². The van der Waals surface area contributed by atoms with Gasteiger partial charge in [-0.25, -0.2) is 0 Å². The lowest BCUT2D eigenvalue weighted by molar-refractivity contribution is 0.0371. The molecular formula is C13H26O2. The molecule has 0 N–H and O–H groups in total. The van der Waals surface area contributed by atoms with E-state index < -0.39 is 0 Å². The van der Waals surface area contributed by atoms with E-state index in [9.17, 15) is 0 Å². The molecule has 15 heavy (non-hydrogen) atoms. The van der Waals surface area contributed by atoms with Crippen molar-refractivity contribution in [2.45, 2.75) is 39.0 Å². The molecule has 90 valence electrons. The van der Waals surface area contributed by atoms with E-state index in [0.717, 1.165) is 19.1 Å². The molecule has 2 nitrogen and oxygen atoms in total. The van der Waals surface area contributed by atoms with E-state index in [1.807, 2.05) is 7.11 Å². The number of rotatable bonds is 6. The summed E-state index contributed by atoms with van der Waals surface area (Å²) in [5.41, 5.74) is 0. The Morgan fingerprint density at radius 2 is 1.60 bits per heavy atom. The number of methoxy groups -OCH3 is 2. The van der Waals surface area contributed by atoms with Crippen LogP contribution in [0.4, 0.5) is 0 Å². The standard InChI is InChI=1S/C13H26O2/c1-11(9-14-2)13(10-15-3)12-7-5-4-6-8-12/h11-13H,4-10H2,1-3H3. The van der Waals surface area contributed by atoms with Crippen LogP contribution in [0, 0.1) is 17.8 Å². The molecular weight excluding hydrogens is 188 g/mol. The number of hydrogen-bond donors (Lipinski definition) is 0. The molecule has 0 heterocycles. The van der Waals surface area contributed by atoms with Gasteiger partial charge in [-0.3, -0.25) is 0 Å². The second-order valence-electron chi connectivity index (χ2n) is 4.95. The van der Waals surface area contributed by atoms with Gasteiger partial charge in [0.15, 0.2) is 0 Å². The molecule has 1 aliphatic rings. The molecule has 0 bridgehead atoms. The van der Waals surface area contributed by atoms with E-state index in [2.05, 4.69) is 6.92 Å². The summed E-state index contributed by atoms with van der Waals surface area (Å²) in [4.78, 5) is 0. The average Bonchev–Trinajstić information content (AvgIpc) is 2.27. The summed E-state index contributed by atoms with van der Waals surface area (Å²) in [5, 5.41) is 0. The summed E-state index contributed by atoms with van der Waals surface area (Å²) < 4.78 is 10.6. The zero-order valence-electron chi connectivity index (χ0n) is 10.5. The van der Waals surface area contributed by atoms with Crippen LogP contribution in [-0.4, -0.2) is 27.4 Å². The van der Waals surface area contributed by atoms with Crippen LogP contribution in [0.3, 0.4) is 0 Å². The Morgan fingerprint density at radius 3 is 2.13 bits per heavy atom. The monoisotopic (exact) mass is 214 g/mol. The Morgan fingerprint density at radius 1 is 1.00 bits per heavy atom. The summed E-state index contributed by atoms with van der Waals surface area (Å²) >= 11 is 0. The van der Waals surface area contributed by atoms with E-state index in [0.29, 0.717) is 11.8 Å². The first kappa shape index (κ1) is 13.0. The van der Waals surface area contributed by atoms with E-state index in [1.165, 1.54) is 32.1 Å². The van der Waals surface area contributed by atoms with Crippen molar-refractivity contribution in [1.29, 1.82) is 0 Å². The van der Waals surface area contributed by atoms with Gasteiger partial charge in [-0.15, -0.1) is 0 Å². The molecule has 1 rings (SSSR count). The summed E-state index contributed by atoms with van der Waals surface area (Å²) in [7, 11) is 3.61. The minimum absolute atomic E-state index is 0.623. The molecule has 0 spiro atoms. The molecule has 0 amide bonds. The van der Waals surface area contributed by atoms with Gasteiger partial charge in [-0.05, 0) is 17.8 Å². The van der Waals surface area contributed by atoms with Crippen molar-refractivity contribution in [2.75, 3.05) is 27.4 Å². The van der Waals surface area contributed by atoms with Crippen LogP contribution in [0.25, 0.3) is 0 Å². The average molecular weight is 214 g/mol. The molecule has 0 aromatic rings. The van der Waals surface area contributed by atoms with Crippen molar-refractivity contribution >= 4 is 0 Å². The van der Waals surface area contributed by atoms with Crippen molar-refractivity contribution in [3.8, 4) is 0 Å². The van der Waals surface area contributed by atoms with Crippen molar-refractivity contribution < 1.29 is 9.47 Å². The van der Waals surface area contributed by atoms with E-state index in [4.69, 9.17) is 9.47 Å². The van der Waals surface area contributed by atoms with Crippen molar-refractivity contribution in [3.05, 3.63) is 0 Å². The lowest BCUT2D eigenvalue weighted by Gasteiger charge is -2.33. The maximum absolute atomic E-state index is 5.37. The molecule has 1 saturated carbocycles. The second kappa shape index (κ2) is 7.24. The van der Waals surface area contributed by atoms with Gasteiger partial charge in [0.25, 0.3) is 0 Å². The quantitative estimate of drug-likeness (QED) is 0.676. The fraction of sp³-hybridized carbons (Fsp3) is 1.00. The van der Waals surface area contributed by atoms with Gasteiger partial charge < -0.3 is 9.47 Å². The fourth-order valence-corrected chi connectivity index (χ4v) is 2.91. The minimum atomic E-state index is 0.623. The number of ether oxygens (including phenoxy) is 2. The predicted octanol–water partition coefficient (Wildman–Crippen LogP) is 3.11. The zero-order chi connectivity index (χ0) is 11.1. The highest BCUT2D eigenvalue weighted by atomic mass is 16.5. The van der Waals surface area contributed by atoms with Crippen LogP contribution in [0.2, 0.25) is 0 Å². The van der Waals surface area contributed by atoms with Gasteiger partial charge in [0, 0.05) is 27.4 Å². The van der Waals surface area contributed by atoms with E-state index in [1.54, 1.807) is 7.11 Å². The molecule has 1 aliphatic carbocycles. The summed E-state index contributed by atoms with van der Waals surface area (Å²) in [6.07, 6.45) is 7.02. The van der Waals surface area contributed by atoms with Crippen LogP contribution in [0.5, 0.6) is 0 Å². The molecule has 0 aromatic carbocycles. The minimum Gasteiger partial charge on any atom is -0.384 e. The third-order valence-corrected chi connectivity index (χ3v) is 3.77. The Bertz CT molecular complexity index is 153. The van der Waals surface area contributed by atoms with Gasteiger partial charge in [-0.1, -0.05) is 39.0 Å². The first-order valence-corrected chi connectivity index (χ1v) is 6.27. The molecule has 1 fully saturated rings. The van der Waals surface area contributed by atoms with E-state index >= 15 is 0 Å². The summed E-state index contributed by atoms with van der Waals surface area (Å²) in [6, 6.07) is 0. The Hall–Kier alpha value is -0.0800. The zero-order valence-corrected chi connectivity index (χ0v) is 10.5. The summed E-state index contributed by atoms with van der Waals surface area (Å²) in [5.74, 6) is 2.18. The van der Waals surface area contributed by atoms with Crippen LogP contribution >= 0.6 is 0 Å². The summed E-state index contributed by atoms with van der Waals surface area (Å²) in [6.45, 7) is 4.06. The first-order valence-electron chi connectivity index (χ1n) is 6.27. The number of hydrogen-bond acceptors (Lipinski definition) is 2.